The number of anilines is 4. The number of pyridine rings is 2. The minimum absolute atomic E-state index is 0.0471. The first-order chi connectivity index (χ1) is 20.3. The first-order valence-corrected chi connectivity index (χ1v) is 14.6. The van der Waals surface area contributed by atoms with Crippen molar-refractivity contribution in [3.63, 3.8) is 0 Å². The van der Waals surface area contributed by atoms with Crippen molar-refractivity contribution in [1.29, 1.82) is 0 Å². The number of carbonyl (C=O) groups is 1. The van der Waals surface area contributed by atoms with E-state index in [2.05, 4.69) is 20.2 Å². The van der Waals surface area contributed by atoms with Gasteiger partial charge in [0, 0.05) is 35.9 Å². The van der Waals surface area contributed by atoms with Crippen LogP contribution in [0.5, 0.6) is 0 Å². The molecule has 1 unspecified atom stereocenters. The van der Waals surface area contributed by atoms with Crippen LogP contribution in [0, 0.1) is 0 Å². The van der Waals surface area contributed by atoms with Gasteiger partial charge in [-0.25, -0.2) is 13.4 Å². The van der Waals surface area contributed by atoms with Crippen molar-refractivity contribution < 1.29 is 18.3 Å². The monoisotopic (exact) mass is 579 g/mol. The number of aliphatic carboxylic acids is 1. The van der Waals surface area contributed by atoms with Crippen LogP contribution in [0.1, 0.15) is 11.3 Å². The van der Waals surface area contributed by atoms with Crippen LogP contribution in [0.25, 0.3) is 0 Å². The lowest BCUT2D eigenvalue weighted by Gasteiger charge is -2.30. The quantitative estimate of drug-likeness (QED) is 0.191. The van der Waals surface area contributed by atoms with Gasteiger partial charge in [0.05, 0.1) is 10.6 Å². The maximum absolute atomic E-state index is 14.1. The molecule has 212 valence electrons. The van der Waals surface area contributed by atoms with Gasteiger partial charge in [0.25, 0.3) is 0 Å². The largest absolute Gasteiger partial charge is 0.480 e. The number of aromatic nitrogens is 2. The third-order valence-corrected chi connectivity index (χ3v) is 8.89. The van der Waals surface area contributed by atoms with Crippen molar-refractivity contribution in [1.82, 2.24) is 9.97 Å². The Kier molecular flexibility index (Phi) is 8.28. The molecule has 0 amide bonds. The summed E-state index contributed by atoms with van der Waals surface area (Å²) in [7, 11) is -4.21. The van der Waals surface area contributed by atoms with Gasteiger partial charge in [0.15, 0.2) is 4.87 Å². The molecular formula is C32H29N5O4S. The van der Waals surface area contributed by atoms with E-state index >= 15 is 0 Å². The molecule has 1 atom stereocenters. The average Bonchev–Trinajstić information content (AvgIpc) is 3.02. The van der Waals surface area contributed by atoms with E-state index in [1.807, 2.05) is 84.9 Å². The van der Waals surface area contributed by atoms with Crippen LogP contribution in [-0.4, -0.2) is 36.0 Å². The molecule has 2 heterocycles. The van der Waals surface area contributed by atoms with Gasteiger partial charge >= 0.3 is 5.97 Å². The summed E-state index contributed by atoms with van der Waals surface area (Å²) in [4.78, 5) is 19.5. The SMILES string of the molecule is NC(Cc1ccc(N(c2ccccc2)c2ccccc2)cc1)(c1cccc(NCC(=O)O)n1)S(=O)(=O)c1cccnc1. The van der Waals surface area contributed by atoms with Crippen LogP contribution < -0.4 is 16.0 Å². The van der Waals surface area contributed by atoms with E-state index in [9.17, 15) is 13.2 Å². The van der Waals surface area contributed by atoms with Gasteiger partial charge in [-0.05, 0) is 66.2 Å². The summed E-state index contributed by atoms with van der Waals surface area (Å²) >= 11 is 0. The predicted octanol–water partition coefficient (Wildman–Crippen LogP) is 5.27. The first-order valence-electron chi connectivity index (χ1n) is 13.1. The Bertz CT molecular complexity index is 1710. The predicted molar refractivity (Wildman–Crippen MR) is 162 cm³/mol. The minimum Gasteiger partial charge on any atom is -0.480 e. The second kappa shape index (κ2) is 12.2. The first kappa shape index (κ1) is 28.5. The highest BCUT2D eigenvalue weighted by atomic mass is 32.2. The number of sulfone groups is 1. The molecule has 5 aromatic rings. The molecule has 5 rings (SSSR count). The molecule has 0 fully saturated rings. The van der Waals surface area contributed by atoms with Gasteiger partial charge in [-0.2, -0.15) is 0 Å². The Balaban J connectivity index is 1.54. The Morgan fingerprint density at radius 1 is 0.810 bits per heavy atom. The van der Waals surface area contributed by atoms with Crippen molar-refractivity contribution in [3.05, 3.63) is 139 Å². The zero-order valence-corrected chi connectivity index (χ0v) is 23.4. The van der Waals surface area contributed by atoms with E-state index < -0.39 is 20.7 Å². The molecule has 10 heteroatoms. The second-order valence-electron chi connectivity index (χ2n) is 9.59. The number of carboxylic acid groups (broad SMARTS) is 1. The standard InChI is InChI=1S/C32H29N5O4S/c33-32(42(40,41)28-13-8-20-34-22-28,29-14-7-15-30(36-29)35-23-31(38)39)21-24-16-18-27(19-17-24)37(25-9-3-1-4-10-25)26-11-5-2-6-12-26/h1-20,22H,21,23,33H2,(H,35,36)(H,38,39). The van der Waals surface area contributed by atoms with Gasteiger partial charge in [-0.1, -0.05) is 54.6 Å². The smallest absolute Gasteiger partial charge is 0.322 e. The highest BCUT2D eigenvalue weighted by Crippen LogP contribution is 2.37. The molecule has 3 aromatic carbocycles. The van der Waals surface area contributed by atoms with Crippen LogP contribution >= 0.6 is 0 Å². The second-order valence-corrected chi connectivity index (χ2v) is 11.8. The molecule has 42 heavy (non-hydrogen) atoms. The molecule has 4 N–H and O–H groups in total. The van der Waals surface area contributed by atoms with E-state index in [4.69, 9.17) is 10.8 Å². The van der Waals surface area contributed by atoms with Gasteiger partial charge in [0.1, 0.15) is 12.4 Å². The molecule has 9 nitrogen and oxygen atoms in total. The lowest BCUT2D eigenvalue weighted by Crippen LogP contribution is -2.47. The van der Waals surface area contributed by atoms with Crippen LogP contribution in [0.2, 0.25) is 0 Å². The summed E-state index contributed by atoms with van der Waals surface area (Å²) < 4.78 is 28.1. The fraction of sp³-hybridized carbons (Fsp3) is 0.0938. The molecule has 0 spiro atoms. The van der Waals surface area contributed by atoms with Gasteiger partial charge in [-0.15, -0.1) is 0 Å². The summed E-state index contributed by atoms with van der Waals surface area (Å²) in [6.45, 7) is -0.385. The third kappa shape index (κ3) is 5.99. The van der Waals surface area contributed by atoms with Crippen LogP contribution in [0.15, 0.2) is 133 Å². The van der Waals surface area contributed by atoms with Crippen LogP contribution in [-0.2, 0) is 25.9 Å². The molecule has 0 aliphatic rings. The number of para-hydroxylation sites is 2. The molecule has 0 radical (unpaired) electrons. The zero-order valence-electron chi connectivity index (χ0n) is 22.5. The van der Waals surface area contributed by atoms with E-state index in [-0.39, 0.29) is 29.4 Å². The molecule has 0 saturated carbocycles. The number of nitrogens with zero attached hydrogens (tertiary/aromatic N) is 3. The van der Waals surface area contributed by atoms with Crippen molar-refractivity contribution in [2.75, 3.05) is 16.8 Å². The summed E-state index contributed by atoms with van der Waals surface area (Å²) in [5, 5.41) is 11.7. The molecule has 0 bridgehead atoms. The molecule has 0 aliphatic carbocycles. The fourth-order valence-electron chi connectivity index (χ4n) is 4.64. The Morgan fingerprint density at radius 2 is 1.43 bits per heavy atom. The number of hydrogen-bond acceptors (Lipinski definition) is 8. The van der Waals surface area contributed by atoms with Gasteiger partial charge in [0.2, 0.25) is 9.84 Å². The molecular weight excluding hydrogens is 550 g/mol. The van der Waals surface area contributed by atoms with Crippen molar-refractivity contribution in [3.8, 4) is 0 Å². The summed E-state index contributed by atoms with van der Waals surface area (Å²) in [5.41, 5.74) is 10.4. The number of rotatable bonds is 11. The summed E-state index contributed by atoms with van der Waals surface area (Å²) in [6.07, 6.45) is 2.64. The topological polar surface area (TPSA) is 139 Å². The molecule has 0 aliphatic heterocycles. The maximum Gasteiger partial charge on any atom is 0.322 e. The lowest BCUT2D eigenvalue weighted by molar-refractivity contribution is -0.134. The van der Waals surface area contributed by atoms with Crippen LogP contribution in [0.4, 0.5) is 22.9 Å². The van der Waals surface area contributed by atoms with E-state index in [0.717, 1.165) is 17.1 Å². The maximum atomic E-state index is 14.1. The fourth-order valence-corrected chi connectivity index (χ4v) is 6.27. The number of benzene rings is 3. The number of hydrogen-bond donors (Lipinski definition) is 3. The Labute approximate surface area is 244 Å². The van der Waals surface area contributed by atoms with Crippen molar-refractivity contribution in [2.45, 2.75) is 16.2 Å². The van der Waals surface area contributed by atoms with Gasteiger partial charge in [-0.3, -0.25) is 9.78 Å². The zero-order chi connectivity index (χ0) is 29.6. The van der Waals surface area contributed by atoms with E-state index in [0.29, 0.717) is 5.56 Å². The normalized spacial score (nSPS) is 12.7. The number of carboxylic acids is 1. The van der Waals surface area contributed by atoms with Crippen molar-refractivity contribution in [2.24, 2.45) is 5.73 Å². The highest BCUT2D eigenvalue weighted by molar-refractivity contribution is 7.92. The number of nitrogens with one attached hydrogen (secondary N) is 1. The van der Waals surface area contributed by atoms with Crippen molar-refractivity contribution >= 4 is 38.7 Å². The Morgan fingerprint density at radius 3 is 2.00 bits per heavy atom. The average molecular weight is 580 g/mol. The summed E-state index contributed by atoms with van der Waals surface area (Å²) in [5.74, 6) is -0.882. The molecule has 0 saturated heterocycles. The third-order valence-electron chi connectivity index (χ3n) is 6.72. The summed E-state index contributed by atoms with van der Waals surface area (Å²) in [6, 6.07) is 35.1. The van der Waals surface area contributed by atoms with E-state index in [1.54, 1.807) is 12.1 Å². The highest BCUT2D eigenvalue weighted by Gasteiger charge is 2.44. The number of nitrogens with two attached hydrogens (primary N) is 1. The van der Waals surface area contributed by atoms with Crippen LogP contribution in [0.3, 0.4) is 0 Å². The molecule has 2 aromatic heterocycles. The Hall–Kier alpha value is -5.06. The minimum atomic E-state index is -4.21. The van der Waals surface area contributed by atoms with Gasteiger partial charge < -0.3 is 21.1 Å². The van der Waals surface area contributed by atoms with E-state index in [1.165, 1.54) is 30.6 Å². The lowest BCUT2D eigenvalue weighted by atomic mass is 10.0.